The van der Waals surface area contributed by atoms with Crippen molar-refractivity contribution in [2.24, 2.45) is 7.05 Å². The van der Waals surface area contributed by atoms with Gasteiger partial charge in [0, 0.05) is 51.5 Å². The number of halogens is 4. The standard InChI is InChI=1S/C24H27F4N5O2/c1-6-33(15(2)14-35-20-10-7-16(13-29-20)23(3,25)26)22(34)17-8-9-19(24(4,27)28)30-21(17)18-11-12-32(5)31-18/h7-13,15H,6,14H2,1-5H3/t15-/m0/s1. The third kappa shape index (κ3) is 6.14. The van der Waals surface area contributed by atoms with Crippen molar-refractivity contribution in [3.63, 3.8) is 0 Å². The summed E-state index contributed by atoms with van der Waals surface area (Å²) in [4.78, 5) is 22.9. The summed E-state index contributed by atoms with van der Waals surface area (Å²) in [6, 6.07) is 6.16. The number of amides is 1. The van der Waals surface area contributed by atoms with Gasteiger partial charge in [0.15, 0.2) is 0 Å². The maximum absolute atomic E-state index is 13.9. The number of alkyl halides is 4. The van der Waals surface area contributed by atoms with Gasteiger partial charge < -0.3 is 9.64 Å². The monoisotopic (exact) mass is 493 g/mol. The molecule has 35 heavy (non-hydrogen) atoms. The molecular weight excluding hydrogens is 466 g/mol. The predicted octanol–water partition coefficient (Wildman–Crippen LogP) is 5.03. The zero-order chi connectivity index (χ0) is 26.0. The number of rotatable bonds is 9. The number of hydrogen-bond acceptors (Lipinski definition) is 5. The molecule has 1 amide bonds. The maximum Gasteiger partial charge on any atom is 0.286 e. The lowest BCUT2D eigenvalue weighted by Gasteiger charge is -2.28. The summed E-state index contributed by atoms with van der Waals surface area (Å²) in [5, 5.41) is 4.23. The van der Waals surface area contributed by atoms with Gasteiger partial charge in [0.2, 0.25) is 5.88 Å². The Bertz CT molecular complexity index is 1170. The van der Waals surface area contributed by atoms with Crippen molar-refractivity contribution >= 4 is 5.91 Å². The predicted molar refractivity (Wildman–Crippen MR) is 121 cm³/mol. The highest BCUT2D eigenvalue weighted by Crippen LogP contribution is 2.30. The van der Waals surface area contributed by atoms with Crippen LogP contribution < -0.4 is 4.74 Å². The normalized spacial score (nSPS) is 12.9. The van der Waals surface area contributed by atoms with Crippen LogP contribution in [0.25, 0.3) is 11.4 Å². The lowest BCUT2D eigenvalue weighted by molar-refractivity contribution is 0.0127. The minimum atomic E-state index is -3.19. The summed E-state index contributed by atoms with van der Waals surface area (Å²) in [6.07, 6.45) is 2.67. The molecule has 0 N–H and O–H groups in total. The molecule has 0 radical (unpaired) electrons. The molecule has 3 aromatic heterocycles. The van der Waals surface area contributed by atoms with Gasteiger partial charge in [0.05, 0.1) is 11.6 Å². The first-order valence-corrected chi connectivity index (χ1v) is 11.0. The molecule has 0 spiro atoms. The van der Waals surface area contributed by atoms with Crippen LogP contribution in [0.5, 0.6) is 5.88 Å². The summed E-state index contributed by atoms with van der Waals surface area (Å²) in [5.74, 6) is -6.50. The van der Waals surface area contributed by atoms with Crippen LogP contribution >= 0.6 is 0 Å². The van der Waals surface area contributed by atoms with Crippen LogP contribution in [0.3, 0.4) is 0 Å². The Morgan fingerprint density at radius 2 is 1.83 bits per heavy atom. The van der Waals surface area contributed by atoms with Crippen molar-refractivity contribution < 1.29 is 27.1 Å². The molecule has 3 aromatic rings. The first-order chi connectivity index (χ1) is 16.3. The van der Waals surface area contributed by atoms with E-state index in [0.717, 1.165) is 26.1 Å². The Kier molecular flexibility index (Phi) is 7.47. The number of nitrogens with zero attached hydrogens (tertiary/aromatic N) is 5. The fraction of sp³-hybridized carbons (Fsp3) is 0.417. The van der Waals surface area contributed by atoms with Crippen LogP contribution in [0, 0.1) is 0 Å². The highest BCUT2D eigenvalue weighted by atomic mass is 19.3. The molecule has 11 heteroatoms. The van der Waals surface area contributed by atoms with Gasteiger partial charge >= 0.3 is 0 Å². The molecule has 0 aliphatic carbocycles. The van der Waals surface area contributed by atoms with Crippen molar-refractivity contribution in [3.05, 3.63) is 59.5 Å². The minimum absolute atomic E-state index is 0.0336. The Morgan fingerprint density at radius 3 is 2.34 bits per heavy atom. The largest absolute Gasteiger partial charge is 0.475 e. The second-order valence-corrected chi connectivity index (χ2v) is 8.38. The van der Waals surface area contributed by atoms with Gasteiger partial charge in [-0.2, -0.15) is 13.9 Å². The zero-order valence-corrected chi connectivity index (χ0v) is 20.1. The minimum Gasteiger partial charge on any atom is -0.475 e. The lowest BCUT2D eigenvalue weighted by Crippen LogP contribution is -2.42. The van der Waals surface area contributed by atoms with E-state index in [4.69, 9.17) is 4.74 Å². The van der Waals surface area contributed by atoms with Crippen molar-refractivity contribution in [2.45, 2.75) is 45.6 Å². The molecular formula is C24H27F4N5O2. The van der Waals surface area contributed by atoms with E-state index in [1.807, 2.05) is 0 Å². The Morgan fingerprint density at radius 1 is 1.11 bits per heavy atom. The number of carbonyl (C=O) groups is 1. The highest BCUT2D eigenvalue weighted by molar-refractivity contribution is 5.99. The van der Waals surface area contributed by atoms with Crippen LogP contribution in [0.1, 0.15) is 49.3 Å². The first-order valence-electron chi connectivity index (χ1n) is 11.0. The Hall–Kier alpha value is -3.50. The molecule has 0 bridgehead atoms. The van der Waals surface area contributed by atoms with Crippen molar-refractivity contribution in [3.8, 4) is 17.3 Å². The van der Waals surface area contributed by atoms with Crippen LogP contribution in [-0.2, 0) is 18.9 Å². The van der Waals surface area contributed by atoms with Crippen LogP contribution in [-0.4, -0.2) is 49.7 Å². The second kappa shape index (κ2) is 10.0. The molecule has 188 valence electrons. The van der Waals surface area contributed by atoms with Crippen LogP contribution in [0.4, 0.5) is 17.6 Å². The van der Waals surface area contributed by atoms with E-state index in [0.29, 0.717) is 12.2 Å². The number of carbonyl (C=O) groups excluding carboxylic acids is 1. The summed E-state index contributed by atoms with van der Waals surface area (Å²) < 4.78 is 61.7. The van der Waals surface area contributed by atoms with Crippen molar-refractivity contribution in [1.82, 2.24) is 24.6 Å². The number of hydrogen-bond donors (Lipinski definition) is 0. The SMILES string of the molecule is CCN(C(=O)c1ccc(C(C)(F)F)nc1-c1ccn(C)n1)[C@@H](C)COc1ccc(C(C)(F)F)cn1. The molecule has 7 nitrogen and oxygen atoms in total. The molecule has 0 aromatic carbocycles. The fourth-order valence-corrected chi connectivity index (χ4v) is 3.44. The Balaban J connectivity index is 1.83. The zero-order valence-electron chi connectivity index (χ0n) is 20.1. The molecule has 0 unspecified atom stereocenters. The molecule has 0 fully saturated rings. The van der Waals surface area contributed by atoms with Gasteiger partial charge in [-0.15, -0.1) is 0 Å². The summed E-state index contributed by atoms with van der Waals surface area (Å²) >= 11 is 0. The van der Waals surface area contributed by atoms with E-state index in [1.54, 1.807) is 33.2 Å². The van der Waals surface area contributed by atoms with Gasteiger partial charge in [-0.05, 0) is 38.1 Å². The lowest BCUT2D eigenvalue weighted by atomic mass is 10.1. The molecule has 0 saturated carbocycles. The first kappa shape index (κ1) is 26.1. The summed E-state index contributed by atoms with van der Waals surface area (Å²) in [6.45, 7) is 5.36. The van der Waals surface area contributed by atoms with Gasteiger partial charge in [0.1, 0.15) is 23.7 Å². The number of aromatic nitrogens is 4. The van der Waals surface area contributed by atoms with Gasteiger partial charge in [0.25, 0.3) is 17.8 Å². The molecule has 0 aliphatic heterocycles. The average Bonchev–Trinajstić information content (AvgIpc) is 3.23. The number of likely N-dealkylation sites (N-methyl/N-ethyl adjacent to an activating group) is 1. The van der Waals surface area contributed by atoms with Crippen molar-refractivity contribution in [2.75, 3.05) is 13.2 Å². The van der Waals surface area contributed by atoms with E-state index in [9.17, 15) is 22.4 Å². The van der Waals surface area contributed by atoms with Gasteiger partial charge in [-0.1, -0.05) is 0 Å². The molecule has 1 atom stereocenters. The van der Waals surface area contributed by atoms with E-state index in [2.05, 4.69) is 15.1 Å². The fourth-order valence-electron chi connectivity index (χ4n) is 3.44. The third-order valence-corrected chi connectivity index (χ3v) is 5.38. The van der Waals surface area contributed by atoms with E-state index < -0.39 is 29.5 Å². The Labute approximate surface area is 200 Å². The quantitative estimate of drug-likeness (QED) is 0.391. The van der Waals surface area contributed by atoms with E-state index in [1.165, 1.54) is 27.8 Å². The topological polar surface area (TPSA) is 73.1 Å². The maximum atomic E-state index is 13.9. The molecule has 3 heterocycles. The van der Waals surface area contributed by atoms with Gasteiger partial charge in [-0.3, -0.25) is 9.48 Å². The van der Waals surface area contributed by atoms with E-state index in [-0.39, 0.29) is 29.3 Å². The summed E-state index contributed by atoms with van der Waals surface area (Å²) in [5.41, 5.74) is -0.240. The van der Waals surface area contributed by atoms with E-state index >= 15 is 0 Å². The van der Waals surface area contributed by atoms with Gasteiger partial charge in [-0.25, -0.2) is 18.7 Å². The number of pyridine rings is 2. The molecule has 0 aliphatic rings. The highest BCUT2D eigenvalue weighted by Gasteiger charge is 2.31. The average molecular weight is 494 g/mol. The number of ether oxygens (including phenoxy) is 1. The van der Waals surface area contributed by atoms with Crippen LogP contribution in [0.2, 0.25) is 0 Å². The number of aryl methyl sites for hydroxylation is 1. The van der Waals surface area contributed by atoms with Crippen molar-refractivity contribution in [1.29, 1.82) is 0 Å². The molecule has 0 saturated heterocycles. The second-order valence-electron chi connectivity index (χ2n) is 8.38. The molecule has 3 rings (SSSR count). The summed E-state index contributed by atoms with van der Waals surface area (Å²) in [7, 11) is 1.67. The third-order valence-electron chi connectivity index (χ3n) is 5.38. The smallest absolute Gasteiger partial charge is 0.286 e. The van der Waals surface area contributed by atoms with Crippen LogP contribution in [0.15, 0.2) is 42.7 Å².